The van der Waals surface area contributed by atoms with E-state index < -0.39 is 9.84 Å². The van der Waals surface area contributed by atoms with Crippen LogP contribution in [0.25, 0.3) is 0 Å². The van der Waals surface area contributed by atoms with E-state index in [1.807, 2.05) is 0 Å². The van der Waals surface area contributed by atoms with Crippen molar-refractivity contribution < 1.29 is 13.2 Å². The van der Waals surface area contributed by atoms with E-state index in [1.165, 1.54) is 13.2 Å². The summed E-state index contributed by atoms with van der Waals surface area (Å²) < 4.78 is 22.4. The number of carbonyl (C=O) groups is 1. The predicted molar refractivity (Wildman–Crippen MR) is 63.3 cm³/mol. The molecule has 0 aliphatic carbocycles. The number of hydrogen-bond acceptors (Lipinski definition) is 4. The third-order valence-electron chi connectivity index (χ3n) is 2.09. The van der Waals surface area contributed by atoms with E-state index in [2.05, 4.69) is 5.32 Å². The Morgan fingerprint density at radius 3 is 2.25 bits per heavy atom. The smallest absolute Gasteiger partial charge is 0.175 e. The Bertz CT molecular complexity index is 463. The van der Waals surface area contributed by atoms with Gasteiger partial charge in [-0.25, -0.2) is 8.42 Å². The summed E-state index contributed by atoms with van der Waals surface area (Å²) in [6, 6.07) is 6.48. The SMILES string of the molecule is CC(=O)CCNc1ccc(S(C)(=O)=O)cc1. The molecule has 0 radical (unpaired) electrons. The molecular weight excluding hydrogens is 226 g/mol. The molecule has 16 heavy (non-hydrogen) atoms. The first-order chi connectivity index (χ1) is 7.39. The van der Waals surface area contributed by atoms with Crippen LogP contribution in [0.3, 0.4) is 0 Å². The quantitative estimate of drug-likeness (QED) is 0.848. The third-order valence-corrected chi connectivity index (χ3v) is 3.22. The maximum Gasteiger partial charge on any atom is 0.175 e. The topological polar surface area (TPSA) is 63.2 Å². The molecule has 0 fully saturated rings. The minimum atomic E-state index is -3.14. The lowest BCUT2D eigenvalue weighted by atomic mass is 10.3. The maximum absolute atomic E-state index is 11.2. The van der Waals surface area contributed by atoms with Gasteiger partial charge in [-0.2, -0.15) is 0 Å². The highest BCUT2D eigenvalue weighted by atomic mass is 32.2. The number of carbonyl (C=O) groups excluding carboxylic acids is 1. The van der Waals surface area contributed by atoms with Gasteiger partial charge in [-0.15, -0.1) is 0 Å². The van der Waals surface area contributed by atoms with Gasteiger partial charge in [-0.05, 0) is 31.2 Å². The molecule has 0 aromatic heterocycles. The Kier molecular flexibility index (Phi) is 4.06. The van der Waals surface area contributed by atoms with E-state index in [-0.39, 0.29) is 5.78 Å². The minimum absolute atomic E-state index is 0.125. The predicted octanol–water partition coefficient (Wildman–Crippen LogP) is 1.48. The summed E-state index contributed by atoms with van der Waals surface area (Å²) in [7, 11) is -3.14. The Balaban J connectivity index is 2.62. The lowest BCUT2D eigenvalue weighted by molar-refractivity contribution is -0.116. The van der Waals surface area contributed by atoms with Gasteiger partial charge in [0.05, 0.1) is 4.90 Å². The Labute approximate surface area is 95.6 Å². The van der Waals surface area contributed by atoms with Crippen LogP contribution in [-0.4, -0.2) is 27.0 Å². The second kappa shape index (κ2) is 5.12. The number of nitrogens with one attached hydrogen (secondary N) is 1. The normalized spacial score (nSPS) is 11.1. The molecule has 1 rings (SSSR count). The van der Waals surface area contributed by atoms with E-state index in [4.69, 9.17) is 0 Å². The van der Waals surface area contributed by atoms with Crippen LogP contribution < -0.4 is 5.32 Å². The van der Waals surface area contributed by atoms with Crippen LogP contribution in [-0.2, 0) is 14.6 Å². The zero-order chi connectivity index (χ0) is 12.2. The van der Waals surface area contributed by atoms with Crippen molar-refractivity contribution in [2.75, 3.05) is 18.1 Å². The van der Waals surface area contributed by atoms with Crippen molar-refractivity contribution in [2.24, 2.45) is 0 Å². The van der Waals surface area contributed by atoms with Crippen molar-refractivity contribution in [1.82, 2.24) is 0 Å². The van der Waals surface area contributed by atoms with E-state index in [0.717, 1.165) is 5.69 Å². The summed E-state index contributed by atoms with van der Waals surface area (Å²) in [6.45, 7) is 2.10. The fraction of sp³-hybridized carbons (Fsp3) is 0.364. The van der Waals surface area contributed by atoms with Crippen LogP contribution in [0.2, 0.25) is 0 Å². The summed E-state index contributed by atoms with van der Waals surface area (Å²) in [6.07, 6.45) is 1.64. The highest BCUT2D eigenvalue weighted by Gasteiger charge is 2.05. The third kappa shape index (κ3) is 4.02. The second-order valence-corrected chi connectivity index (χ2v) is 5.69. The standard InChI is InChI=1S/C11H15NO3S/c1-9(13)7-8-12-10-3-5-11(6-4-10)16(2,14)15/h3-6,12H,7-8H2,1-2H3. The van der Waals surface area contributed by atoms with Crippen LogP contribution in [0.4, 0.5) is 5.69 Å². The molecule has 0 aliphatic heterocycles. The molecule has 0 saturated heterocycles. The Morgan fingerprint density at radius 2 is 1.81 bits per heavy atom. The molecule has 1 aromatic carbocycles. The average Bonchev–Trinajstić information content (AvgIpc) is 2.16. The van der Waals surface area contributed by atoms with Gasteiger partial charge in [-0.1, -0.05) is 0 Å². The maximum atomic E-state index is 11.2. The number of ketones is 1. The Morgan fingerprint density at radius 1 is 1.25 bits per heavy atom. The minimum Gasteiger partial charge on any atom is -0.385 e. The van der Waals surface area contributed by atoms with Crippen molar-refractivity contribution in [3.05, 3.63) is 24.3 Å². The molecule has 0 amide bonds. The molecule has 1 aromatic rings. The summed E-state index contributed by atoms with van der Waals surface area (Å²) in [4.78, 5) is 11.0. The molecule has 4 nitrogen and oxygen atoms in total. The second-order valence-electron chi connectivity index (χ2n) is 3.68. The van der Waals surface area contributed by atoms with E-state index in [1.54, 1.807) is 24.3 Å². The van der Waals surface area contributed by atoms with Crippen molar-refractivity contribution in [1.29, 1.82) is 0 Å². The van der Waals surface area contributed by atoms with Crippen molar-refractivity contribution in [3.63, 3.8) is 0 Å². The fourth-order valence-corrected chi connectivity index (χ4v) is 1.83. The number of rotatable bonds is 5. The van der Waals surface area contributed by atoms with Crippen molar-refractivity contribution in [3.8, 4) is 0 Å². The lowest BCUT2D eigenvalue weighted by Gasteiger charge is -2.05. The number of anilines is 1. The zero-order valence-corrected chi connectivity index (χ0v) is 10.2. The first-order valence-electron chi connectivity index (χ1n) is 4.93. The van der Waals surface area contributed by atoms with E-state index >= 15 is 0 Å². The molecule has 0 saturated carbocycles. The lowest BCUT2D eigenvalue weighted by Crippen LogP contribution is -2.06. The molecule has 0 atom stereocenters. The molecule has 1 N–H and O–H groups in total. The van der Waals surface area contributed by atoms with Gasteiger partial charge in [0.15, 0.2) is 9.84 Å². The Hall–Kier alpha value is -1.36. The van der Waals surface area contributed by atoms with Crippen LogP contribution in [0.5, 0.6) is 0 Å². The zero-order valence-electron chi connectivity index (χ0n) is 9.36. The average molecular weight is 241 g/mol. The number of hydrogen-bond donors (Lipinski definition) is 1. The van der Waals surface area contributed by atoms with Gasteiger partial charge in [0.25, 0.3) is 0 Å². The van der Waals surface area contributed by atoms with Gasteiger partial charge >= 0.3 is 0 Å². The molecule has 0 unspecified atom stereocenters. The van der Waals surface area contributed by atoms with Crippen LogP contribution in [0, 0.1) is 0 Å². The van der Waals surface area contributed by atoms with Gasteiger partial charge in [-0.3, -0.25) is 4.79 Å². The van der Waals surface area contributed by atoms with E-state index in [0.29, 0.717) is 17.9 Å². The van der Waals surface area contributed by atoms with Gasteiger partial charge in [0.2, 0.25) is 0 Å². The van der Waals surface area contributed by atoms with Gasteiger partial charge in [0.1, 0.15) is 5.78 Å². The first kappa shape index (κ1) is 12.7. The number of sulfone groups is 1. The highest BCUT2D eigenvalue weighted by molar-refractivity contribution is 7.90. The van der Waals surface area contributed by atoms with Crippen molar-refractivity contribution in [2.45, 2.75) is 18.2 Å². The number of Topliss-reactive ketones (excluding diaryl/α,β-unsaturated/α-hetero) is 1. The molecular formula is C11H15NO3S. The molecule has 0 bridgehead atoms. The highest BCUT2D eigenvalue weighted by Crippen LogP contribution is 2.13. The summed E-state index contributed by atoms with van der Waals surface area (Å²) in [5.41, 5.74) is 0.814. The van der Waals surface area contributed by atoms with Crippen molar-refractivity contribution >= 4 is 21.3 Å². The van der Waals surface area contributed by atoms with Gasteiger partial charge in [0, 0.05) is 24.9 Å². The monoisotopic (exact) mass is 241 g/mol. The van der Waals surface area contributed by atoms with E-state index in [9.17, 15) is 13.2 Å². The molecule has 0 heterocycles. The summed E-state index contributed by atoms with van der Waals surface area (Å²) in [5, 5.41) is 3.04. The summed E-state index contributed by atoms with van der Waals surface area (Å²) >= 11 is 0. The largest absolute Gasteiger partial charge is 0.385 e. The van der Waals surface area contributed by atoms with Gasteiger partial charge < -0.3 is 5.32 Å². The summed E-state index contributed by atoms with van der Waals surface area (Å²) in [5.74, 6) is 0.125. The number of benzene rings is 1. The molecule has 88 valence electrons. The van der Waals surface area contributed by atoms with Crippen LogP contribution in [0.1, 0.15) is 13.3 Å². The fourth-order valence-electron chi connectivity index (χ4n) is 1.20. The molecule has 0 spiro atoms. The van der Waals surface area contributed by atoms with Crippen LogP contribution >= 0.6 is 0 Å². The molecule has 5 heteroatoms. The first-order valence-corrected chi connectivity index (χ1v) is 6.82. The van der Waals surface area contributed by atoms with Crippen LogP contribution in [0.15, 0.2) is 29.2 Å². The molecule has 0 aliphatic rings.